The van der Waals surface area contributed by atoms with E-state index in [9.17, 15) is 14.7 Å². The highest BCUT2D eigenvalue weighted by molar-refractivity contribution is 6.32. The number of halogens is 1. The summed E-state index contributed by atoms with van der Waals surface area (Å²) in [6.07, 6.45) is 0.407. The molecule has 5 nitrogen and oxygen atoms in total. The van der Waals surface area contributed by atoms with Crippen LogP contribution in [0.5, 0.6) is 0 Å². The fraction of sp³-hybridized carbons (Fsp3) is 0.440. The highest BCUT2D eigenvalue weighted by Crippen LogP contribution is 2.46. The summed E-state index contributed by atoms with van der Waals surface area (Å²) in [7, 11) is 1.93. The number of nitrogens with one attached hydrogen (secondary N) is 1. The molecule has 3 rings (SSSR count). The molecule has 1 aliphatic rings. The molecule has 1 heterocycles. The summed E-state index contributed by atoms with van der Waals surface area (Å²) in [4.78, 5) is 28.0. The molecular weight excluding hydrogens is 423 g/mol. The molecule has 0 bridgehead atoms. The van der Waals surface area contributed by atoms with Crippen LogP contribution in [0.25, 0.3) is 0 Å². The molecule has 0 aromatic heterocycles. The predicted molar refractivity (Wildman–Crippen MR) is 131 cm³/mol. The second-order valence-corrected chi connectivity index (χ2v) is 10.3. The molecule has 0 saturated carbocycles. The zero-order valence-electron chi connectivity index (χ0n) is 19.5. The number of carbonyl (C=O) groups excluding carboxylic acids is 2. The highest BCUT2D eigenvalue weighted by Gasteiger charge is 2.50. The van der Waals surface area contributed by atoms with Gasteiger partial charge in [-0.1, -0.05) is 75.1 Å². The monoisotopic (exact) mass is 454 g/mol. The van der Waals surface area contributed by atoms with Crippen molar-refractivity contribution in [3.63, 3.8) is 0 Å². The average molecular weight is 455 g/mol. The van der Waals surface area contributed by atoms with Crippen molar-refractivity contribution < 1.29 is 14.7 Å². The minimum Gasteiger partial charge on any atom is -0.384 e. The molecule has 2 amide bonds. The summed E-state index contributed by atoms with van der Waals surface area (Å²) in [5.74, 6) is -0.446. The Balaban J connectivity index is 1.77. The molecule has 2 aromatic rings. The van der Waals surface area contributed by atoms with Gasteiger partial charge < -0.3 is 15.3 Å². The molecule has 1 saturated heterocycles. The van der Waals surface area contributed by atoms with Gasteiger partial charge >= 0.3 is 0 Å². The first-order chi connectivity index (χ1) is 14.9. The number of likely N-dealkylation sites (tertiary alicyclic amines) is 1. The van der Waals surface area contributed by atoms with E-state index < -0.39 is 17.1 Å². The van der Waals surface area contributed by atoms with Gasteiger partial charge in [0.1, 0.15) is 13.9 Å². The lowest BCUT2D eigenvalue weighted by Gasteiger charge is -2.51. The van der Waals surface area contributed by atoms with Crippen molar-refractivity contribution in [3.05, 3.63) is 64.7 Å². The number of amides is 2. The molecule has 2 N–H and O–H groups in total. The lowest BCUT2D eigenvalue weighted by molar-refractivity contribution is -0.155. The van der Waals surface area contributed by atoms with Gasteiger partial charge in [0, 0.05) is 29.1 Å². The van der Waals surface area contributed by atoms with E-state index in [0.29, 0.717) is 30.1 Å². The lowest BCUT2D eigenvalue weighted by Crippen LogP contribution is -2.60. The second kappa shape index (κ2) is 9.28. The van der Waals surface area contributed by atoms with Gasteiger partial charge in [-0.2, -0.15) is 0 Å². The van der Waals surface area contributed by atoms with Gasteiger partial charge in [-0.3, -0.25) is 9.59 Å². The van der Waals surface area contributed by atoms with Crippen molar-refractivity contribution in [2.24, 2.45) is 11.3 Å². The maximum absolute atomic E-state index is 13.5. The third-order valence-corrected chi connectivity index (χ3v) is 6.83. The second-order valence-electron chi connectivity index (χ2n) is 9.83. The molecule has 0 spiro atoms. The van der Waals surface area contributed by atoms with E-state index in [1.165, 1.54) is 0 Å². The van der Waals surface area contributed by atoms with Crippen LogP contribution in [0.4, 0.5) is 0 Å². The smallest absolute Gasteiger partial charge is 0.251 e. The van der Waals surface area contributed by atoms with Gasteiger partial charge in [0.2, 0.25) is 5.91 Å². The Morgan fingerprint density at radius 1 is 1.16 bits per heavy atom. The number of aliphatic hydroxyl groups is 1. The Kier molecular flexibility index (Phi) is 7.06. The Morgan fingerprint density at radius 2 is 1.81 bits per heavy atom. The minimum atomic E-state index is -1.08. The number of piperidine rings is 1. The molecular formula is C25H32BClN2O3. The third-order valence-electron chi connectivity index (χ3n) is 6.58. The standard InChI is InChI=1S/C25H32BClN2O3/c1-16(2)21(28-22(30)17-6-5-7-19(26)14-17)23(31)29-13-12-25(32,24(3,4)15-29)18-8-10-20(27)11-9-18/h5-11,14,16,21,32H,12-13,15,26H2,1-4H3,(H,28,30)/t21-,25+/m1/s1. The van der Waals surface area contributed by atoms with Crippen molar-refractivity contribution in [3.8, 4) is 0 Å². The average Bonchev–Trinajstić information content (AvgIpc) is 2.73. The highest BCUT2D eigenvalue weighted by atomic mass is 35.5. The van der Waals surface area contributed by atoms with Crippen LogP contribution in [0.15, 0.2) is 48.5 Å². The molecule has 0 aliphatic carbocycles. The van der Waals surface area contributed by atoms with Crippen LogP contribution in [-0.2, 0) is 10.4 Å². The summed E-state index contributed by atoms with van der Waals surface area (Å²) >= 11 is 6.02. The van der Waals surface area contributed by atoms with Gasteiger partial charge in [0.15, 0.2) is 0 Å². The lowest BCUT2D eigenvalue weighted by atomic mass is 9.66. The first-order valence-corrected chi connectivity index (χ1v) is 11.5. The zero-order chi connectivity index (χ0) is 23.7. The molecule has 0 radical (unpaired) electrons. The Labute approximate surface area is 196 Å². The van der Waals surface area contributed by atoms with E-state index in [1.807, 2.05) is 65.9 Å². The number of benzene rings is 2. The minimum absolute atomic E-state index is 0.0727. The van der Waals surface area contributed by atoms with E-state index in [0.717, 1.165) is 11.0 Å². The van der Waals surface area contributed by atoms with E-state index in [4.69, 9.17) is 11.6 Å². The van der Waals surface area contributed by atoms with E-state index in [-0.39, 0.29) is 17.7 Å². The molecule has 1 aliphatic heterocycles. The van der Waals surface area contributed by atoms with Crippen LogP contribution < -0.4 is 10.8 Å². The molecule has 0 unspecified atom stereocenters. The van der Waals surface area contributed by atoms with Gasteiger partial charge in [-0.15, -0.1) is 0 Å². The maximum atomic E-state index is 13.5. The molecule has 2 aromatic carbocycles. The van der Waals surface area contributed by atoms with E-state index in [1.54, 1.807) is 23.1 Å². The topological polar surface area (TPSA) is 69.6 Å². The number of rotatable bonds is 5. The molecule has 7 heteroatoms. The van der Waals surface area contributed by atoms with Crippen LogP contribution in [0.2, 0.25) is 5.02 Å². The number of hydrogen-bond donors (Lipinski definition) is 2. The van der Waals surface area contributed by atoms with Gasteiger partial charge in [-0.25, -0.2) is 0 Å². The number of hydrogen-bond acceptors (Lipinski definition) is 3. The van der Waals surface area contributed by atoms with Crippen LogP contribution in [-0.4, -0.2) is 48.8 Å². The summed E-state index contributed by atoms with van der Waals surface area (Å²) in [5, 5.41) is 15.1. The number of carbonyl (C=O) groups is 2. The van der Waals surface area contributed by atoms with Crippen LogP contribution >= 0.6 is 11.6 Å². The van der Waals surface area contributed by atoms with Crippen molar-refractivity contribution >= 4 is 36.7 Å². The predicted octanol–water partition coefficient (Wildman–Crippen LogP) is 2.50. The van der Waals surface area contributed by atoms with Gasteiger partial charge in [-0.05, 0) is 36.1 Å². The molecule has 170 valence electrons. The van der Waals surface area contributed by atoms with Gasteiger partial charge in [0.25, 0.3) is 5.91 Å². The first kappa shape index (κ1) is 24.3. The van der Waals surface area contributed by atoms with Crippen molar-refractivity contribution in [2.45, 2.75) is 45.8 Å². The van der Waals surface area contributed by atoms with Crippen LogP contribution in [0.1, 0.15) is 50.0 Å². The fourth-order valence-electron chi connectivity index (χ4n) is 4.49. The largest absolute Gasteiger partial charge is 0.384 e. The Morgan fingerprint density at radius 3 is 2.38 bits per heavy atom. The van der Waals surface area contributed by atoms with E-state index >= 15 is 0 Å². The summed E-state index contributed by atoms with van der Waals surface area (Å²) in [6, 6.07) is 13.9. The summed E-state index contributed by atoms with van der Waals surface area (Å²) in [5.41, 5.74) is 0.666. The SMILES string of the molecule is Bc1cccc(C(=O)N[C@@H](C(=O)N2CC[C@](O)(c3ccc(Cl)cc3)C(C)(C)C2)C(C)C)c1. The van der Waals surface area contributed by atoms with Crippen LogP contribution in [0.3, 0.4) is 0 Å². The normalized spacial score (nSPS) is 21.3. The summed E-state index contributed by atoms with van der Waals surface area (Å²) < 4.78 is 0. The first-order valence-electron chi connectivity index (χ1n) is 11.1. The zero-order valence-corrected chi connectivity index (χ0v) is 20.2. The molecule has 32 heavy (non-hydrogen) atoms. The quantitative estimate of drug-likeness (QED) is 0.682. The van der Waals surface area contributed by atoms with Crippen molar-refractivity contribution in [1.82, 2.24) is 10.2 Å². The third kappa shape index (κ3) is 4.86. The van der Waals surface area contributed by atoms with Crippen LogP contribution in [0, 0.1) is 11.3 Å². The molecule has 1 fully saturated rings. The van der Waals surface area contributed by atoms with E-state index in [2.05, 4.69) is 5.32 Å². The Hall–Kier alpha value is -2.31. The summed E-state index contributed by atoms with van der Waals surface area (Å²) in [6.45, 7) is 8.59. The molecule has 2 atom stereocenters. The van der Waals surface area contributed by atoms with Crippen molar-refractivity contribution in [2.75, 3.05) is 13.1 Å². The van der Waals surface area contributed by atoms with Crippen molar-refractivity contribution in [1.29, 1.82) is 0 Å². The van der Waals surface area contributed by atoms with Gasteiger partial charge in [0.05, 0.1) is 5.60 Å². The Bertz CT molecular complexity index is 993. The fourth-order valence-corrected chi connectivity index (χ4v) is 4.62. The number of nitrogens with zero attached hydrogens (tertiary/aromatic N) is 1. The maximum Gasteiger partial charge on any atom is 0.251 e.